The quantitative estimate of drug-likeness (QED) is 0.672. The summed E-state index contributed by atoms with van der Waals surface area (Å²) in [6, 6.07) is 0. The van der Waals surface area contributed by atoms with Crippen molar-refractivity contribution in [1.29, 1.82) is 0 Å². The lowest BCUT2D eigenvalue weighted by atomic mass is 9.76. The molecule has 0 unspecified atom stereocenters. The van der Waals surface area contributed by atoms with Crippen LogP contribution in [0, 0.1) is 17.3 Å². The molecule has 1 aliphatic heterocycles. The van der Waals surface area contributed by atoms with E-state index in [9.17, 15) is 0 Å². The van der Waals surface area contributed by atoms with Crippen LogP contribution in [0.3, 0.4) is 0 Å². The molecule has 0 radical (unpaired) electrons. The second-order valence-electron chi connectivity index (χ2n) is 6.91. The Bertz CT molecular complexity index is 192. The van der Waals surface area contributed by atoms with Crippen LogP contribution in [-0.4, -0.2) is 24.5 Å². The van der Waals surface area contributed by atoms with Crippen LogP contribution in [0.25, 0.3) is 0 Å². The maximum absolute atomic E-state index is 2.65. The molecule has 1 heterocycles. The van der Waals surface area contributed by atoms with E-state index in [1.54, 1.807) is 0 Å². The molecule has 15 heavy (non-hydrogen) atoms. The van der Waals surface area contributed by atoms with Crippen LogP contribution in [0.5, 0.6) is 0 Å². The zero-order valence-corrected chi connectivity index (χ0v) is 10.8. The van der Waals surface area contributed by atoms with Crippen molar-refractivity contribution in [3.8, 4) is 0 Å². The van der Waals surface area contributed by atoms with Crippen molar-refractivity contribution in [1.82, 2.24) is 4.90 Å². The van der Waals surface area contributed by atoms with Gasteiger partial charge in [-0.1, -0.05) is 52.9 Å². The predicted molar refractivity (Wildman–Crippen MR) is 66.0 cm³/mol. The fraction of sp³-hybridized carbons (Fsp3) is 1.00. The highest BCUT2D eigenvalue weighted by Crippen LogP contribution is 2.35. The molecule has 0 aromatic heterocycles. The van der Waals surface area contributed by atoms with Crippen LogP contribution in [0.2, 0.25) is 0 Å². The molecule has 1 heteroatoms. The summed E-state index contributed by atoms with van der Waals surface area (Å²) >= 11 is 0. The molecule has 1 nitrogen and oxygen atoms in total. The highest BCUT2D eigenvalue weighted by Gasteiger charge is 2.35. The molecule has 2 rings (SSSR count). The van der Waals surface area contributed by atoms with E-state index < -0.39 is 0 Å². The molecule has 1 saturated heterocycles. The van der Waals surface area contributed by atoms with Crippen LogP contribution in [0.1, 0.15) is 52.9 Å². The van der Waals surface area contributed by atoms with E-state index in [2.05, 4.69) is 25.7 Å². The van der Waals surface area contributed by atoms with Crippen molar-refractivity contribution in [2.75, 3.05) is 19.6 Å². The zero-order chi connectivity index (χ0) is 10.9. The van der Waals surface area contributed by atoms with Crippen LogP contribution >= 0.6 is 0 Å². The summed E-state index contributed by atoms with van der Waals surface area (Å²) in [4.78, 5) is 2.65. The molecule has 2 fully saturated rings. The fourth-order valence-electron chi connectivity index (χ4n) is 3.31. The Kier molecular flexibility index (Phi) is 3.39. The van der Waals surface area contributed by atoms with E-state index in [0.717, 1.165) is 11.8 Å². The Morgan fingerprint density at radius 3 is 2.07 bits per heavy atom. The summed E-state index contributed by atoms with van der Waals surface area (Å²) < 4.78 is 0. The van der Waals surface area contributed by atoms with Gasteiger partial charge in [0.1, 0.15) is 0 Å². The van der Waals surface area contributed by atoms with E-state index in [1.807, 2.05) is 0 Å². The molecule has 1 aliphatic carbocycles. The lowest BCUT2D eigenvalue weighted by molar-refractivity contribution is 0.0195. The van der Waals surface area contributed by atoms with Crippen molar-refractivity contribution in [3.63, 3.8) is 0 Å². The number of hydrogen-bond acceptors (Lipinski definition) is 1. The second-order valence-corrected chi connectivity index (χ2v) is 6.91. The van der Waals surface area contributed by atoms with Crippen LogP contribution in [0.4, 0.5) is 0 Å². The summed E-state index contributed by atoms with van der Waals surface area (Å²) in [7, 11) is 0. The number of rotatable bonds is 2. The summed E-state index contributed by atoms with van der Waals surface area (Å²) in [5.74, 6) is 2.13. The van der Waals surface area contributed by atoms with Crippen LogP contribution in [0.15, 0.2) is 0 Å². The van der Waals surface area contributed by atoms with Gasteiger partial charge >= 0.3 is 0 Å². The first-order chi connectivity index (χ1) is 7.04. The van der Waals surface area contributed by atoms with Crippen molar-refractivity contribution in [3.05, 3.63) is 0 Å². The lowest BCUT2D eigenvalue weighted by Gasteiger charge is -2.47. The Morgan fingerprint density at radius 1 is 0.933 bits per heavy atom. The van der Waals surface area contributed by atoms with Crippen molar-refractivity contribution < 1.29 is 0 Å². The normalized spacial score (nSPS) is 26.6. The van der Waals surface area contributed by atoms with Crippen LogP contribution in [-0.2, 0) is 0 Å². The number of nitrogens with zero attached hydrogens (tertiary/aromatic N) is 1. The molecule has 88 valence electrons. The Labute approximate surface area is 95.2 Å². The SMILES string of the molecule is CC(C)(C)CN1CC(C2CCCCC2)C1. The third-order valence-electron chi connectivity index (χ3n) is 4.00. The molecule has 2 aliphatic rings. The summed E-state index contributed by atoms with van der Waals surface area (Å²) in [6.07, 6.45) is 7.54. The van der Waals surface area contributed by atoms with Gasteiger partial charge in [0.2, 0.25) is 0 Å². The Balaban J connectivity index is 1.68. The van der Waals surface area contributed by atoms with Crippen molar-refractivity contribution in [2.24, 2.45) is 17.3 Å². The van der Waals surface area contributed by atoms with Gasteiger partial charge in [-0.3, -0.25) is 0 Å². The van der Waals surface area contributed by atoms with E-state index in [4.69, 9.17) is 0 Å². The van der Waals surface area contributed by atoms with Gasteiger partial charge in [0.05, 0.1) is 0 Å². The number of likely N-dealkylation sites (tertiary alicyclic amines) is 1. The minimum Gasteiger partial charge on any atom is -0.302 e. The molecule has 0 atom stereocenters. The van der Waals surface area contributed by atoms with Gasteiger partial charge < -0.3 is 4.90 Å². The average Bonchev–Trinajstić information content (AvgIpc) is 2.11. The Hall–Kier alpha value is -0.0400. The molecule has 0 amide bonds. The van der Waals surface area contributed by atoms with E-state index >= 15 is 0 Å². The standard InChI is InChI=1S/C14H27N/c1-14(2,3)11-15-9-13(10-15)12-7-5-4-6-8-12/h12-13H,4-11H2,1-3H3. The first-order valence-electron chi connectivity index (χ1n) is 6.77. The predicted octanol–water partition coefficient (Wildman–Crippen LogP) is 3.54. The minimum atomic E-state index is 0.484. The largest absolute Gasteiger partial charge is 0.302 e. The molecule has 1 saturated carbocycles. The summed E-state index contributed by atoms with van der Waals surface area (Å²) in [5, 5.41) is 0. The van der Waals surface area contributed by atoms with E-state index in [0.29, 0.717) is 5.41 Å². The van der Waals surface area contributed by atoms with E-state index in [1.165, 1.54) is 51.7 Å². The molecule has 0 spiro atoms. The highest BCUT2D eigenvalue weighted by molar-refractivity contribution is 4.88. The molecular formula is C14H27N. The molecule has 0 aromatic carbocycles. The van der Waals surface area contributed by atoms with Gasteiger partial charge in [-0.15, -0.1) is 0 Å². The first-order valence-corrected chi connectivity index (χ1v) is 6.77. The van der Waals surface area contributed by atoms with Gasteiger partial charge in [-0.2, -0.15) is 0 Å². The third-order valence-corrected chi connectivity index (χ3v) is 4.00. The van der Waals surface area contributed by atoms with Crippen LogP contribution < -0.4 is 0 Å². The Morgan fingerprint density at radius 2 is 1.53 bits per heavy atom. The smallest absolute Gasteiger partial charge is 0.00303 e. The monoisotopic (exact) mass is 209 g/mol. The van der Waals surface area contributed by atoms with Gasteiger partial charge in [0.15, 0.2) is 0 Å². The molecular weight excluding hydrogens is 182 g/mol. The van der Waals surface area contributed by atoms with Gasteiger partial charge in [-0.25, -0.2) is 0 Å². The lowest BCUT2D eigenvalue weighted by Crippen LogP contribution is -2.52. The maximum Gasteiger partial charge on any atom is 0.00303 e. The number of hydrogen-bond donors (Lipinski definition) is 0. The first kappa shape index (κ1) is 11.4. The summed E-state index contributed by atoms with van der Waals surface area (Å²) in [6.45, 7) is 11.1. The van der Waals surface area contributed by atoms with Crippen molar-refractivity contribution in [2.45, 2.75) is 52.9 Å². The molecule has 0 N–H and O–H groups in total. The fourth-order valence-corrected chi connectivity index (χ4v) is 3.31. The third kappa shape index (κ3) is 3.21. The molecule has 0 bridgehead atoms. The van der Waals surface area contributed by atoms with Crippen molar-refractivity contribution >= 4 is 0 Å². The van der Waals surface area contributed by atoms with Gasteiger partial charge in [-0.05, 0) is 17.3 Å². The maximum atomic E-state index is 2.65. The second kappa shape index (κ2) is 4.45. The van der Waals surface area contributed by atoms with E-state index in [-0.39, 0.29) is 0 Å². The zero-order valence-electron chi connectivity index (χ0n) is 10.8. The average molecular weight is 209 g/mol. The summed E-state index contributed by atoms with van der Waals surface area (Å²) in [5.41, 5.74) is 0.484. The topological polar surface area (TPSA) is 3.24 Å². The minimum absolute atomic E-state index is 0.484. The van der Waals surface area contributed by atoms with Gasteiger partial charge in [0.25, 0.3) is 0 Å². The highest BCUT2D eigenvalue weighted by atomic mass is 15.2. The van der Waals surface area contributed by atoms with Gasteiger partial charge in [0, 0.05) is 19.6 Å². The molecule has 0 aromatic rings.